The molecule has 2 aliphatic rings. The Morgan fingerprint density at radius 3 is 2.76 bits per heavy atom. The molecular weight excluding hydrogens is 266 g/mol. The van der Waals surface area contributed by atoms with Crippen LogP contribution in [0.25, 0.3) is 0 Å². The van der Waals surface area contributed by atoms with E-state index in [1.807, 2.05) is 0 Å². The maximum atomic E-state index is 12.3. The first-order valence-corrected chi connectivity index (χ1v) is 8.65. The molecule has 0 aliphatic carbocycles. The third-order valence-corrected chi connectivity index (χ3v) is 4.89. The number of amides is 2. The number of unbranched alkanes of at least 4 members (excludes halogenated alkanes) is 1. The molecule has 2 rings (SSSR count). The molecule has 2 amide bonds. The van der Waals surface area contributed by atoms with Crippen LogP contribution in [-0.4, -0.2) is 65.8 Å². The van der Waals surface area contributed by atoms with Gasteiger partial charge in [0.25, 0.3) is 0 Å². The molecule has 0 spiro atoms. The predicted octanol–water partition coefficient (Wildman–Crippen LogP) is 1.81. The molecule has 2 saturated heterocycles. The van der Waals surface area contributed by atoms with Crippen LogP contribution in [0.2, 0.25) is 0 Å². The lowest BCUT2D eigenvalue weighted by Crippen LogP contribution is -2.51. The lowest BCUT2D eigenvalue weighted by atomic mass is 10.0. The lowest BCUT2D eigenvalue weighted by molar-refractivity contribution is 0.133. The molecule has 21 heavy (non-hydrogen) atoms. The average molecular weight is 297 g/mol. The maximum absolute atomic E-state index is 12.3. The van der Waals surface area contributed by atoms with Crippen molar-refractivity contribution in [2.24, 2.45) is 0 Å². The van der Waals surface area contributed by atoms with Crippen LogP contribution >= 0.6 is 0 Å². The average Bonchev–Trinajstić information content (AvgIpc) is 3.00. The second-order valence-corrected chi connectivity index (χ2v) is 6.40. The van der Waals surface area contributed by atoms with E-state index in [0.29, 0.717) is 6.04 Å². The van der Waals surface area contributed by atoms with Crippen LogP contribution in [-0.2, 0) is 0 Å². The summed E-state index contributed by atoms with van der Waals surface area (Å²) in [6, 6.07) is 0.518. The van der Waals surface area contributed by atoms with Crippen molar-refractivity contribution in [1.29, 1.82) is 0 Å². The summed E-state index contributed by atoms with van der Waals surface area (Å²) in [5, 5.41) is 12.4. The van der Waals surface area contributed by atoms with Gasteiger partial charge in [0.1, 0.15) is 0 Å². The van der Waals surface area contributed by atoms with E-state index in [0.717, 1.165) is 32.5 Å². The van der Waals surface area contributed by atoms with Crippen molar-refractivity contribution in [3.8, 4) is 0 Å². The van der Waals surface area contributed by atoms with Gasteiger partial charge in [-0.05, 0) is 45.2 Å². The van der Waals surface area contributed by atoms with Gasteiger partial charge in [0, 0.05) is 19.1 Å². The van der Waals surface area contributed by atoms with E-state index in [9.17, 15) is 9.90 Å². The van der Waals surface area contributed by atoms with Crippen LogP contribution in [0, 0.1) is 0 Å². The Morgan fingerprint density at radius 2 is 2.00 bits per heavy atom. The first-order valence-electron chi connectivity index (χ1n) is 8.65. The van der Waals surface area contributed by atoms with Crippen LogP contribution < -0.4 is 5.32 Å². The molecule has 2 atom stereocenters. The quantitative estimate of drug-likeness (QED) is 0.786. The zero-order valence-corrected chi connectivity index (χ0v) is 13.4. The van der Waals surface area contributed by atoms with E-state index in [1.165, 1.54) is 38.6 Å². The van der Waals surface area contributed by atoms with Gasteiger partial charge >= 0.3 is 6.03 Å². The van der Waals surface area contributed by atoms with Crippen LogP contribution in [0.1, 0.15) is 51.9 Å². The van der Waals surface area contributed by atoms with Crippen LogP contribution in [0.15, 0.2) is 0 Å². The molecule has 122 valence electrons. The molecular formula is C16H31N3O2. The largest absolute Gasteiger partial charge is 0.394 e. The van der Waals surface area contributed by atoms with Gasteiger partial charge in [-0.2, -0.15) is 0 Å². The van der Waals surface area contributed by atoms with Gasteiger partial charge in [-0.3, -0.25) is 4.90 Å². The van der Waals surface area contributed by atoms with E-state index in [1.54, 1.807) is 4.90 Å². The first-order chi connectivity index (χ1) is 10.3. The number of nitrogens with zero attached hydrogens (tertiary/aromatic N) is 2. The molecule has 0 aromatic heterocycles. The van der Waals surface area contributed by atoms with Crippen LogP contribution in [0.5, 0.6) is 0 Å². The number of hydrogen-bond donors (Lipinski definition) is 2. The summed E-state index contributed by atoms with van der Waals surface area (Å²) >= 11 is 0. The molecule has 5 heteroatoms. The first kappa shape index (κ1) is 16.6. The number of urea groups is 1. The number of aliphatic hydroxyl groups excluding tert-OH is 1. The number of nitrogens with one attached hydrogen (secondary N) is 1. The summed E-state index contributed by atoms with van der Waals surface area (Å²) in [4.78, 5) is 16.6. The minimum Gasteiger partial charge on any atom is -0.394 e. The monoisotopic (exact) mass is 297 g/mol. The van der Waals surface area contributed by atoms with E-state index >= 15 is 0 Å². The molecule has 1 unspecified atom stereocenters. The summed E-state index contributed by atoms with van der Waals surface area (Å²) < 4.78 is 0. The van der Waals surface area contributed by atoms with Crippen molar-refractivity contribution >= 4 is 6.03 Å². The Balaban J connectivity index is 1.78. The Bertz CT molecular complexity index is 325. The fraction of sp³-hybridized carbons (Fsp3) is 0.938. The minimum atomic E-state index is 0.00700. The molecule has 0 radical (unpaired) electrons. The summed E-state index contributed by atoms with van der Waals surface area (Å²) in [7, 11) is 0. The van der Waals surface area contributed by atoms with Gasteiger partial charge in [-0.25, -0.2) is 4.79 Å². The van der Waals surface area contributed by atoms with Gasteiger partial charge in [0.05, 0.1) is 12.6 Å². The van der Waals surface area contributed by atoms with Crippen LogP contribution in [0.4, 0.5) is 4.79 Å². The zero-order valence-electron chi connectivity index (χ0n) is 13.4. The highest BCUT2D eigenvalue weighted by Gasteiger charge is 2.29. The molecule has 0 aromatic carbocycles. The van der Waals surface area contributed by atoms with E-state index in [2.05, 4.69) is 17.1 Å². The molecule has 5 nitrogen and oxygen atoms in total. The Morgan fingerprint density at radius 1 is 1.19 bits per heavy atom. The molecule has 0 aromatic rings. The number of carbonyl (C=O) groups is 1. The van der Waals surface area contributed by atoms with Crippen LogP contribution in [0.3, 0.4) is 0 Å². The summed E-state index contributed by atoms with van der Waals surface area (Å²) in [6.07, 6.45) is 8.14. The number of carbonyl (C=O) groups excluding carboxylic acids is 1. The molecule has 0 saturated carbocycles. The topological polar surface area (TPSA) is 55.8 Å². The van der Waals surface area contributed by atoms with Crippen molar-refractivity contribution in [2.75, 3.05) is 32.8 Å². The second kappa shape index (κ2) is 8.59. The zero-order chi connectivity index (χ0) is 15.1. The summed E-state index contributed by atoms with van der Waals surface area (Å²) in [5.74, 6) is 0. The maximum Gasteiger partial charge on any atom is 0.317 e. The molecule has 0 bridgehead atoms. The molecule has 2 heterocycles. The third kappa shape index (κ3) is 4.58. The van der Waals surface area contributed by atoms with Gasteiger partial charge in [0.2, 0.25) is 0 Å². The Hall–Kier alpha value is -0.810. The predicted molar refractivity (Wildman–Crippen MR) is 84.3 cm³/mol. The van der Waals surface area contributed by atoms with Gasteiger partial charge in [-0.1, -0.05) is 19.8 Å². The van der Waals surface area contributed by atoms with Crippen molar-refractivity contribution in [1.82, 2.24) is 15.1 Å². The Kier molecular flexibility index (Phi) is 6.77. The van der Waals surface area contributed by atoms with E-state index in [4.69, 9.17) is 0 Å². The summed E-state index contributed by atoms with van der Waals surface area (Å²) in [5.41, 5.74) is 0. The van der Waals surface area contributed by atoms with Crippen molar-refractivity contribution in [2.45, 2.75) is 64.0 Å². The SMILES string of the molecule is CCCCN1CCCCC1CNC(=O)N1CCC[C@H]1CO. The van der Waals surface area contributed by atoms with E-state index in [-0.39, 0.29) is 18.7 Å². The molecule has 2 N–H and O–H groups in total. The third-order valence-electron chi connectivity index (χ3n) is 4.89. The Labute approximate surface area is 128 Å². The highest BCUT2D eigenvalue weighted by Crippen LogP contribution is 2.19. The number of hydrogen-bond acceptors (Lipinski definition) is 3. The fourth-order valence-electron chi connectivity index (χ4n) is 3.55. The minimum absolute atomic E-state index is 0.00700. The number of likely N-dealkylation sites (tertiary alicyclic amines) is 2. The van der Waals surface area contributed by atoms with Crippen molar-refractivity contribution < 1.29 is 9.90 Å². The molecule has 2 fully saturated rings. The highest BCUT2D eigenvalue weighted by atomic mass is 16.3. The van der Waals surface area contributed by atoms with E-state index < -0.39 is 0 Å². The smallest absolute Gasteiger partial charge is 0.317 e. The highest BCUT2D eigenvalue weighted by molar-refractivity contribution is 5.74. The fourth-order valence-corrected chi connectivity index (χ4v) is 3.55. The second-order valence-electron chi connectivity index (χ2n) is 6.40. The van der Waals surface area contributed by atoms with Gasteiger partial charge < -0.3 is 15.3 Å². The number of rotatable bonds is 6. The van der Waals surface area contributed by atoms with Gasteiger partial charge in [-0.15, -0.1) is 0 Å². The van der Waals surface area contributed by atoms with Gasteiger partial charge in [0.15, 0.2) is 0 Å². The van der Waals surface area contributed by atoms with Crippen molar-refractivity contribution in [3.05, 3.63) is 0 Å². The standard InChI is InChI=1S/C16H31N3O2/c1-2-3-9-18-10-5-4-7-14(18)12-17-16(21)19-11-6-8-15(19)13-20/h14-15,20H,2-13H2,1H3,(H,17,21)/t14?,15-/m0/s1. The number of aliphatic hydroxyl groups is 1. The molecule has 2 aliphatic heterocycles. The normalized spacial score (nSPS) is 27.0. The number of piperidine rings is 1. The van der Waals surface area contributed by atoms with Crippen molar-refractivity contribution in [3.63, 3.8) is 0 Å². The lowest BCUT2D eigenvalue weighted by Gasteiger charge is -2.36. The summed E-state index contributed by atoms with van der Waals surface area (Å²) in [6.45, 7) is 6.16.